The van der Waals surface area contributed by atoms with Crippen LogP contribution < -0.4 is 0 Å². The zero-order valence-corrected chi connectivity index (χ0v) is 23.2. The number of methoxy groups -OCH3 is 1. The summed E-state index contributed by atoms with van der Waals surface area (Å²) in [6, 6.07) is 0. The van der Waals surface area contributed by atoms with Crippen LogP contribution in [-0.4, -0.2) is 113 Å². The Balaban J connectivity index is 1.78. The average Bonchev–Trinajstić information content (AvgIpc) is 3.26. The van der Waals surface area contributed by atoms with Crippen LogP contribution in [0.15, 0.2) is 23.5 Å². The van der Waals surface area contributed by atoms with E-state index < -0.39 is 67.6 Å². The minimum Gasteiger partial charge on any atom is -0.468 e. The first-order valence-electron chi connectivity index (χ1n) is 13.5. The molecule has 3 rings (SSSR count). The number of hydrogen-bond donors (Lipinski definition) is 6. The Hall–Kier alpha value is -2.10. The molecule has 0 spiro atoms. The predicted molar refractivity (Wildman–Crippen MR) is 136 cm³/mol. The summed E-state index contributed by atoms with van der Waals surface area (Å²) in [5.41, 5.74) is 0.344. The maximum absolute atomic E-state index is 13.2. The highest BCUT2D eigenvalue weighted by Gasteiger charge is 2.48. The normalized spacial score (nSPS) is 39.8. The van der Waals surface area contributed by atoms with Crippen LogP contribution in [0.1, 0.15) is 33.6 Å². The lowest BCUT2D eigenvalue weighted by atomic mass is 9.83. The summed E-state index contributed by atoms with van der Waals surface area (Å²) in [5.74, 6) is -2.65. The fourth-order valence-electron chi connectivity index (χ4n) is 5.88. The molecule has 12 atom stereocenters. The molecular weight excluding hydrogens is 532 g/mol. The lowest BCUT2D eigenvalue weighted by Gasteiger charge is -2.42. The van der Waals surface area contributed by atoms with E-state index in [9.17, 15) is 40.2 Å². The van der Waals surface area contributed by atoms with Gasteiger partial charge in [0.25, 0.3) is 0 Å². The minimum absolute atomic E-state index is 0.0284. The predicted octanol–water partition coefficient (Wildman–Crippen LogP) is -1.03. The summed E-state index contributed by atoms with van der Waals surface area (Å²) in [6.07, 6.45) is -6.58. The Bertz CT molecular complexity index is 933. The molecule has 228 valence electrons. The number of allylic oxidation sites excluding steroid dienone is 1. The minimum atomic E-state index is -1.69. The fraction of sp³-hybridized carbons (Fsp3) is 0.778. The number of esters is 2. The van der Waals surface area contributed by atoms with Gasteiger partial charge in [-0.2, -0.15) is 0 Å². The van der Waals surface area contributed by atoms with Gasteiger partial charge in [-0.05, 0) is 37.0 Å². The van der Waals surface area contributed by atoms with Crippen LogP contribution in [0.4, 0.5) is 0 Å². The standard InChI is InChI=1S/C27H42O13/c1-5-14-16(7-21(31)38-19-6-15(12(2)8-28)17(9-29)13(19)3)18(25(35)36-4)11-37-26(14)40-27-24(34)23(33)22(32)20(10-30)39-27/h5,11-13,15-17,19-20,22-24,26-30,32-34H,6-10H2,1-4H3. The molecule has 13 nitrogen and oxygen atoms in total. The van der Waals surface area contributed by atoms with Gasteiger partial charge in [-0.1, -0.05) is 19.9 Å². The summed E-state index contributed by atoms with van der Waals surface area (Å²) >= 11 is 0. The zero-order valence-electron chi connectivity index (χ0n) is 23.2. The Morgan fingerprint density at radius 3 is 2.40 bits per heavy atom. The highest BCUT2D eigenvalue weighted by molar-refractivity contribution is 5.90. The summed E-state index contributed by atoms with van der Waals surface area (Å²) in [4.78, 5) is 25.8. The summed E-state index contributed by atoms with van der Waals surface area (Å²) in [5, 5.41) is 59.5. The molecule has 40 heavy (non-hydrogen) atoms. The monoisotopic (exact) mass is 574 g/mol. The average molecular weight is 575 g/mol. The molecule has 0 aromatic rings. The van der Waals surface area contributed by atoms with Crippen LogP contribution in [0, 0.1) is 29.6 Å². The van der Waals surface area contributed by atoms with Crippen molar-refractivity contribution >= 4 is 11.9 Å². The highest BCUT2D eigenvalue weighted by atomic mass is 16.8. The van der Waals surface area contributed by atoms with Gasteiger partial charge in [0, 0.05) is 24.7 Å². The highest BCUT2D eigenvalue weighted by Crippen LogP contribution is 2.43. The molecule has 0 amide bonds. The SMILES string of the molecule is CC=C1C(OC2OC(CO)C(O)C(O)C2O)OC=C(C(=O)OC)C1CC(=O)OC1CC(C(C)CO)C(CO)C1C. The van der Waals surface area contributed by atoms with Gasteiger partial charge >= 0.3 is 11.9 Å². The Morgan fingerprint density at radius 1 is 1.12 bits per heavy atom. The first-order valence-corrected chi connectivity index (χ1v) is 13.5. The molecule has 3 aliphatic rings. The van der Waals surface area contributed by atoms with Crippen molar-refractivity contribution in [3.8, 4) is 0 Å². The topological polar surface area (TPSA) is 202 Å². The number of aliphatic hydroxyl groups is 6. The molecule has 2 fully saturated rings. The molecule has 1 saturated carbocycles. The second-order valence-electron chi connectivity index (χ2n) is 10.7. The molecule has 2 heterocycles. The smallest absolute Gasteiger partial charge is 0.337 e. The fourth-order valence-corrected chi connectivity index (χ4v) is 5.88. The lowest BCUT2D eigenvalue weighted by Crippen LogP contribution is -2.60. The maximum Gasteiger partial charge on any atom is 0.337 e. The molecule has 0 bridgehead atoms. The number of carbonyl (C=O) groups excluding carboxylic acids is 2. The zero-order chi connectivity index (χ0) is 29.7. The van der Waals surface area contributed by atoms with Crippen molar-refractivity contribution in [2.45, 2.75) is 76.7 Å². The van der Waals surface area contributed by atoms with Crippen molar-refractivity contribution in [1.29, 1.82) is 0 Å². The van der Waals surface area contributed by atoms with E-state index in [-0.39, 0.29) is 48.9 Å². The van der Waals surface area contributed by atoms with Crippen molar-refractivity contribution in [3.05, 3.63) is 23.5 Å². The first-order chi connectivity index (χ1) is 19.0. The Morgan fingerprint density at radius 2 is 1.82 bits per heavy atom. The van der Waals surface area contributed by atoms with Crippen LogP contribution in [-0.2, 0) is 33.3 Å². The summed E-state index contributed by atoms with van der Waals surface area (Å²) < 4.78 is 27.5. The Kier molecular flexibility index (Phi) is 11.5. The third kappa shape index (κ3) is 6.68. The van der Waals surface area contributed by atoms with E-state index in [1.54, 1.807) is 13.0 Å². The van der Waals surface area contributed by atoms with Gasteiger partial charge < -0.3 is 54.3 Å². The van der Waals surface area contributed by atoms with Gasteiger partial charge in [-0.15, -0.1) is 0 Å². The van der Waals surface area contributed by atoms with Crippen molar-refractivity contribution in [1.82, 2.24) is 0 Å². The Labute approximate surface area is 232 Å². The quantitative estimate of drug-likeness (QED) is 0.137. The first kappa shape index (κ1) is 32.4. The van der Waals surface area contributed by atoms with E-state index in [0.29, 0.717) is 12.0 Å². The van der Waals surface area contributed by atoms with Gasteiger partial charge in [0.15, 0.2) is 6.29 Å². The van der Waals surface area contributed by atoms with Crippen molar-refractivity contribution in [3.63, 3.8) is 0 Å². The molecule has 1 saturated heterocycles. The van der Waals surface area contributed by atoms with Gasteiger partial charge in [0.05, 0.1) is 32.0 Å². The lowest BCUT2D eigenvalue weighted by molar-refractivity contribution is -0.327. The van der Waals surface area contributed by atoms with Crippen molar-refractivity contribution < 1.29 is 63.9 Å². The van der Waals surface area contributed by atoms with E-state index in [2.05, 4.69) is 0 Å². The third-order valence-electron chi connectivity index (χ3n) is 8.43. The largest absolute Gasteiger partial charge is 0.468 e. The van der Waals surface area contributed by atoms with Crippen molar-refractivity contribution in [2.24, 2.45) is 29.6 Å². The number of ether oxygens (including phenoxy) is 5. The van der Waals surface area contributed by atoms with Gasteiger partial charge in [0.2, 0.25) is 6.29 Å². The molecule has 0 aromatic carbocycles. The number of rotatable bonds is 10. The van der Waals surface area contributed by atoms with Crippen LogP contribution in [0.2, 0.25) is 0 Å². The number of carbonyl (C=O) groups is 2. The molecule has 12 unspecified atom stereocenters. The van der Waals surface area contributed by atoms with Gasteiger partial charge in [-0.3, -0.25) is 4.79 Å². The van der Waals surface area contributed by atoms with Crippen LogP contribution in [0.3, 0.4) is 0 Å². The molecule has 0 aromatic heterocycles. The van der Waals surface area contributed by atoms with Gasteiger partial charge in [0.1, 0.15) is 30.5 Å². The van der Waals surface area contributed by atoms with E-state index in [4.69, 9.17) is 23.7 Å². The summed E-state index contributed by atoms with van der Waals surface area (Å²) in [6.45, 7) is 4.60. The molecule has 0 radical (unpaired) electrons. The van der Waals surface area contributed by atoms with E-state index in [1.165, 1.54) is 7.11 Å². The van der Waals surface area contributed by atoms with E-state index in [1.807, 2.05) is 13.8 Å². The molecule has 6 N–H and O–H groups in total. The molecular formula is C27H42O13. The molecule has 2 aliphatic heterocycles. The van der Waals surface area contributed by atoms with Gasteiger partial charge in [-0.25, -0.2) is 4.79 Å². The molecule has 1 aliphatic carbocycles. The van der Waals surface area contributed by atoms with E-state index >= 15 is 0 Å². The van der Waals surface area contributed by atoms with Crippen molar-refractivity contribution in [2.75, 3.05) is 26.9 Å². The van der Waals surface area contributed by atoms with Crippen LogP contribution >= 0.6 is 0 Å². The van der Waals surface area contributed by atoms with Crippen LogP contribution in [0.25, 0.3) is 0 Å². The maximum atomic E-state index is 13.2. The second kappa shape index (κ2) is 14.2. The second-order valence-corrected chi connectivity index (χ2v) is 10.7. The number of aliphatic hydroxyl groups excluding tert-OH is 6. The van der Waals surface area contributed by atoms with Crippen LogP contribution in [0.5, 0.6) is 0 Å². The molecule has 13 heteroatoms. The third-order valence-corrected chi connectivity index (χ3v) is 8.43. The summed E-state index contributed by atoms with van der Waals surface area (Å²) in [7, 11) is 1.18. The van der Waals surface area contributed by atoms with E-state index in [0.717, 1.165) is 6.26 Å². The number of hydrogen-bond acceptors (Lipinski definition) is 13.